The summed E-state index contributed by atoms with van der Waals surface area (Å²) < 4.78 is 6.45. The van der Waals surface area contributed by atoms with Gasteiger partial charge in [0.15, 0.2) is 0 Å². The summed E-state index contributed by atoms with van der Waals surface area (Å²) >= 11 is 0. The van der Waals surface area contributed by atoms with E-state index in [1.54, 1.807) is 0 Å². The molecule has 0 aliphatic rings. The highest BCUT2D eigenvalue weighted by molar-refractivity contribution is 5.41. The summed E-state index contributed by atoms with van der Waals surface area (Å²) in [6, 6.07) is 38.3. The van der Waals surface area contributed by atoms with E-state index >= 15 is 0 Å². The molecule has 0 aromatic heterocycles. The zero-order valence-electron chi connectivity index (χ0n) is 18.0. The van der Waals surface area contributed by atoms with Gasteiger partial charge in [0.25, 0.3) is 0 Å². The van der Waals surface area contributed by atoms with Gasteiger partial charge in [-0.1, -0.05) is 97.1 Å². The van der Waals surface area contributed by atoms with Gasteiger partial charge in [-0.05, 0) is 72.9 Å². The van der Waals surface area contributed by atoms with Crippen molar-refractivity contribution in [1.29, 1.82) is 0 Å². The van der Waals surface area contributed by atoms with E-state index in [4.69, 9.17) is 4.74 Å². The molecule has 31 heavy (non-hydrogen) atoms. The third-order valence-corrected chi connectivity index (χ3v) is 5.67. The maximum Gasteiger partial charge on any atom is 0.130 e. The molecule has 0 aliphatic heterocycles. The topological polar surface area (TPSA) is 9.23 Å². The highest BCUT2D eigenvalue weighted by Gasteiger charge is 2.08. The fourth-order valence-corrected chi connectivity index (χ4v) is 3.99. The van der Waals surface area contributed by atoms with Gasteiger partial charge in [0, 0.05) is 0 Å². The average molecular weight is 407 g/mol. The van der Waals surface area contributed by atoms with Gasteiger partial charge >= 0.3 is 0 Å². The van der Waals surface area contributed by atoms with E-state index in [1.807, 2.05) is 0 Å². The molecule has 4 rings (SSSR count). The highest BCUT2D eigenvalue weighted by atomic mass is 16.5. The number of benzene rings is 4. The van der Waals surface area contributed by atoms with Gasteiger partial charge in [-0.3, -0.25) is 0 Å². The molecule has 0 bridgehead atoms. The second-order valence-corrected chi connectivity index (χ2v) is 8.00. The predicted octanol–water partition coefficient (Wildman–Crippen LogP) is 7.83. The van der Waals surface area contributed by atoms with E-state index < -0.39 is 0 Å². The quantitative estimate of drug-likeness (QED) is 0.261. The van der Waals surface area contributed by atoms with Gasteiger partial charge < -0.3 is 4.74 Å². The van der Waals surface area contributed by atoms with Crippen LogP contribution in [-0.4, -0.2) is 0 Å². The number of aryl methyl sites for hydroxylation is 4. The van der Waals surface area contributed by atoms with Crippen molar-refractivity contribution in [3.8, 4) is 11.5 Å². The Morgan fingerprint density at radius 2 is 0.774 bits per heavy atom. The van der Waals surface area contributed by atoms with Crippen molar-refractivity contribution in [3.05, 3.63) is 131 Å². The maximum atomic E-state index is 6.45. The minimum atomic E-state index is 0.978. The molecule has 0 saturated heterocycles. The minimum Gasteiger partial charge on any atom is -0.457 e. The van der Waals surface area contributed by atoms with Gasteiger partial charge in [-0.15, -0.1) is 0 Å². The van der Waals surface area contributed by atoms with Gasteiger partial charge in [0.1, 0.15) is 11.5 Å². The number of rotatable bonds is 10. The van der Waals surface area contributed by atoms with Crippen LogP contribution in [0.1, 0.15) is 35.1 Å². The Hall–Kier alpha value is -3.32. The van der Waals surface area contributed by atoms with E-state index in [1.165, 1.54) is 22.3 Å². The molecule has 0 saturated carbocycles. The normalized spacial score (nSPS) is 10.7. The third-order valence-electron chi connectivity index (χ3n) is 5.67. The van der Waals surface area contributed by atoms with Crippen LogP contribution in [0.4, 0.5) is 0 Å². The Balaban J connectivity index is 1.38. The molecule has 0 N–H and O–H groups in total. The SMILES string of the molecule is c1ccc(CCCc2ccccc2Oc2ccccc2CCCc2ccccc2)cc1. The molecule has 4 aromatic rings. The number of ether oxygens (including phenoxy) is 1. The van der Waals surface area contributed by atoms with Crippen molar-refractivity contribution >= 4 is 0 Å². The first-order valence-electron chi connectivity index (χ1n) is 11.3. The number of hydrogen-bond acceptors (Lipinski definition) is 1. The summed E-state index contributed by atoms with van der Waals surface area (Å²) in [5, 5.41) is 0. The fraction of sp³-hybridized carbons (Fsp3) is 0.200. The molecule has 1 heteroatoms. The van der Waals surface area contributed by atoms with Crippen molar-refractivity contribution in [3.63, 3.8) is 0 Å². The lowest BCUT2D eigenvalue weighted by Crippen LogP contribution is -1.97. The van der Waals surface area contributed by atoms with E-state index in [-0.39, 0.29) is 0 Å². The van der Waals surface area contributed by atoms with Crippen molar-refractivity contribution in [1.82, 2.24) is 0 Å². The van der Waals surface area contributed by atoms with Crippen LogP contribution in [0.25, 0.3) is 0 Å². The second-order valence-electron chi connectivity index (χ2n) is 8.00. The van der Waals surface area contributed by atoms with Crippen LogP contribution in [-0.2, 0) is 25.7 Å². The molecule has 156 valence electrons. The van der Waals surface area contributed by atoms with Crippen LogP contribution in [0.3, 0.4) is 0 Å². The summed E-state index contributed by atoms with van der Waals surface area (Å²) in [5.41, 5.74) is 5.34. The van der Waals surface area contributed by atoms with E-state index in [9.17, 15) is 0 Å². The Kier molecular flexibility index (Phi) is 7.55. The molecule has 0 spiro atoms. The van der Waals surface area contributed by atoms with Crippen molar-refractivity contribution < 1.29 is 4.74 Å². The predicted molar refractivity (Wildman–Crippen MR) is 130 cm³/mol. The molecule has 4 aromatic carbocycles. The van der Waals surface area contributed by atoms with Gasteiger partial charge in [0.2, 0.25) is 0 Å². The van der Waals surface area contributed by atoms with Gasteiger partial charge in [0.05, 0.1) is 0 Å². The average Bonchev–Trinajstić information content (AvgIpc) is 2.83. The first-order valence-corrected chi connectivity index (χ1v) is 11.3. The Morgan fingerprint density at radius 3 is 1.23 bits per heavy atom. The molecule has 0 amide bonds. The number of para-hydroxylation sites is 2. The maximum absolute atomic E-state index is 6.45. The summed E-state index contributed by atoms with van der Waals surface area (Å²) in [6.45, 7) is 0. The first-order chi connectivity index (χ1) is 15.4. The molecule has 0 unspecified atom stereocenters. The molecule has 0 aliphatic carbocycles. The lowest BCUT2D eigenvalue weighted by Gasteiger charge is -2.14. The van der Waals surface area contributed by atoms with Crippen LogP contribution >= 0.6 is 0 Å². The van der Waals surface area contributed by atoms with Crippen LogP contribution in [0.5, 0.6) is 11.5 Å². The summed E-state index contributed by atoms with van der Waals surface area (Å²) in [6.07, 6.45) is 6.44. The first kappa shape index (κ1) is 20.9. The lowest BCUT2D eigenvalue weighted by molar-refractivity contribution is 0.468. The standard InChI is InChI=1S/C30H30O/c1-3-13-25(14-4-1)17-11-21-27-19-7-9-23-29(27)31-30-24-10-8-20-28(30)22-12-18-26-15-5-2-6-16-26/h1-10,13-16,19-20,23-24H,11-12,17-18,21-22H2. The monoisotopic (exact) mass is 406 g/mol. The Morgan fingerprint density at radius 1 is 0.387 bits per heavy atom. The van der Waals surface area contributed by atoms with Crippen molar-refractivity contribution in [2.24, 2.45) is 0 Å². The zero-order valence-corrected chi connectivity index (χ0v) is 18.0. The van der Waals surface area contributed by atoms with E-state index in [2.05, 4.69) is 109 Å². The van der Waals surface area contributed by atoms with Crippen LogP contribution in [0.2, 0.25) is 0 Å². The lowest BCUT2D eigenvalue weighted by atomic mass is 10.0. The Labute approximate surface area is 186 Å². The van der Waals surface area contributed by atoms with Crippen LogP contribution < -0.4 is 4.74 Å². The van der Waals surface area contributed by atoms with Gasteiger partial charge in [-0.2, -0.15) is 0 Å². The molecule has 0 fully saturated rings. The fourth-order valence-electron chi connectivity index (χ4n) is 3.99. The highest BCUT2D eigenvalue weighted by Crippen LogP contribution is 2.30. The summed E-state index contributed by atoms with van der Waals surface area (Å²) in [4.78, 5) is 0. The summed E-state index contributed by atoms with van der Waals surface area (Å²) in [7, 11) is 0. The summed E-state index contributed by atoms with van der Waals surface area (Å²) in [5.74, 6) is 1.96. The van der Waals surface area contributed by atoms with Crippen molar-refractivity contribution in [2.75, 3.05) is 0 Å². The molecule has 1 nitrogen and oxygen atoms in total. The van der Waals surface area contributed by atoms with E-state index in [0.717, 1.165) is 50.0 Å². The van der Waals surface area contributed by atoms with E-state index in [0.29, 0.717) is 0 Å². The third kappa shape index (κ3) is 6.33. The number of hydrogen-bond donors (Lipinski definition) is 0. The molecular formula is C30H30O. The van der Waals surface area contributed by atoms with Crippen LogP contribution in [0.15, 0.2) is 109 Å². The van der Waals surface area contributed by atoms with Crippen LogP contribution in [0, 0.1) is 0 Å². The molecular weight excluding hydrogens is 376 g/mol. The van der Waals surface area contributed by atoms with Gasteiger partial charge in [-0.25, -0.2) is 0 Å². The largest absolute Gasteiger partial charge is 0.457 e. The van der Waals surface area contributed by atoms with Crippen molar-refractivity contribution in [2.45, 2.75) is 38.5 Å². The Bertz CT molecular complexity index is 967. The molecule has 0 radical (unpaired) electrons. The minimum absolute atomic E-state index is 0.978. The second kappa shape index (κ2) is 11.2. The smallest absolute Gasteiger partial charge is 0.130 e. The molecule has 0 atom stereocenters. The zero-order chi connectivity index (χ0) is 21.1. The molecule has 0 heterocycles.